The molecule has 32 heavy (non-hydrogen) atoms. The molecule has 4 aliphatic carbocycles. The minimum atomic E-state index is 0.135. The number of Topliss-reactive ketones (excluding diaryl/α,β-unsaturated/α-hetero) is 1. The maximum Gasteiger partial charge on any atom is 0.159 e. The Hall–Kier alpha value is -1.92. The summed E-state index contributed by atoms with van der Waals surface area (Å²) < 4.78 is 0. The van der Waals surface area contributed by atoms with E-state index >= 15 is 0 Å². The third-order valence-electron chi connectivity index (χ3n) is 10.3. The van der Waals surface area contributed by atoms with Crippen molar-refractivity contribution in [3.05, 3.63) is 47.0 Å². The minimum Gasteiger partial charge on any atom is -0.310 e. The molecule has 1 aromatic rings. The predicted octanol–water partition coefficient (Wildman–Crippen LogP) is 6.18. The number of nitriles is 1. The number of carbonyl (C=O) groups excluding carboxylic acids is 1. The number of hydrogen-bond donors (Lipinski definition) is 1. The first kappa shape index (κ1) is 21.9. The molecule has 4 saturated carbocycles. The number of benzene rings is 1. The summed E-state index contributed by atoms with van der Waals surface area (Å²) in [4.78, 5) is 12.8. The lowest BCUT2D eigenvalue weighted by Crippen LogP contribution is -2.54. The van der Waals surface area contributed by atoms with Crippen LogP contribution >= 0.6 is 0 Å². The first-order valence-electron chi connectivity index (χ1n) is 12.8. The highest BCUT2D eigenvalue weighted by Crippen LogP contribution is 2.66. The third kappa shape index (κ3) is 3.38. The standard InChI is InChI=1S/C29H38N2O/c1-4-24-27(32)16-26-23-10-9-21-15-22(31-18-20-7-5-19(17-30)6-8-20)11-13-28(21,2)25(23)12-14-29(24,26)3/h4-8,21-23,25-26,31H,9-16,18H2,1-3H3/b24-4-/t21?,22-,23+,25-,26-,28-,29+/m0/s1. The second-order valence-corrected chi connectivity index (χ2v) is 11.6. The lowest BCUT2D eigenvalue weighted by Gasteiger charge is -2.60. The lowest BCUT2D eigenvalue weighted by molar-refractivity contribution is -0.116. The van der Waals surface area contributed by atoms with E-state index in [1.54, 1.807) is 0 Å². The average Bonchev–Trinajstić information content (AvgIpc) is 3.07. The number of fused-ring (bicyclic) bond motifs is 5. The van der Waals surface area contributed by atoms with Gasteiger partial charge in [-0.05, 0) is 110 Å². The summed E-state index contributed by atoms with van der Waals surface area (Å²) >= 11 is 0. The quantitative estimate of drug-likeness (QED) is 0.582. The number of rotatable bonds is 3. The van der Waals surface area contributed by atoms with Crippen LogP contribution in [0.2, 0.25) is 0 Å². The van der Waals surface area contributed by atoms with Crippen molar-refractivity contribution >= 4 is 5.78 Å². The van der Waals surface area contributed by atoms with Gasteiger partial charge in [-0.25, -0.2) is 0 Å². The van der Waals surface area contributed by atoms with Crippen molar-refractivity contribution in [1.82, 2.24) is 5.32 Å². The molecule has 0 aliphatic heterocycles. The summed E-state index contributed by atoms with van der Waals surface area (Å²) in [5, 5.41) is 12.8. The Balaban J connectivity index is 1.26. The summed E-state index contributed by atoms with van der Waals surface area (Å²) in [5.41, 5.74) is 3.71. The highest BCUT2D eigenvalue weighted by atomic mass is 16.1. The van der Waals surface area contributed by atoms with Gasteiger partial charge in [0.15, 0.2) is 5.78 Å². The van der Waals surface area contributed by atoms with Crippen LogP contribution in [0, 0.1) is 45.8 Å². The molecule has 0 heterocycles. The normalized spacial score (nSPS) is 42.1. The van der Waals surface area contributed by atoms with Crippen LogP contribution in [0.3, 0.4) is 0 Å². The molecule has 0 bridgehead atoms. The predicted molar refractivity (Wildman–Crippen MR) is 128 cm³/mol. The number of nitrogens with zero attached hydrogens (tertiary/aromatic N) is 1. The Morgan fingerprint density at radius 3 is 2.59 bits per heavy atom. The van der Waals surface area contributed by atoms with Crippen LogP contribution in [0.5, 0.6) is 0 Å². The molecule has 1 N–H and O–H groups in total. The zero-order valence-corrected chi connectivity index (χ0v) is 20.0. The highest BCUT2D eigenvalue weighted by Gasteiger charge is 2.60. The smallest absolute Gasteiger partial charge is 0.159 e. The number of allylic oxidation sites excluding steroid dienone is 2. The van der Waals surface area contributed by atoms with E-state index in [4.69, 9.17) is 5.26 Å². The fourth-order valence-corrected chi connectivity index (χ4v) is 8.55. The molecular formula is C29H38N2O. The van der Waals surface area contributed by atoms with Crippen LogP contribution in [0.25, 0.3) is 0 Å². The van der Waals surface area contributed by atoms with E-state index in [0.717, 1.165) is 41.9 Å². The van der Waals surface area contributed by atoms with E-state index < -0.39 is 0 Å². The van der Waals surface area contributed by atoms with Crippen molar-refractivity contribution in [2.75, 3.05) is 0 Å². The van der Waals surface area contributed by atoms with E-state index in [2.05, 4.69) is 50.4 Å². The first-order chi connectivity index (χ1) is 15.4. The van der Waals surface area contributed by atoms with Gasteiger partial charge in [0.25, 0.3) is 0 Å². The number of nitrogens with one attached hydrogen (secondary N) is 1. The van der Waals surface area contributed by atoms with Crippen LogP contribution in [0.1, 0.15) is 83.3 Å². The van der Waals surface area contributed by atoms with Crippen molar-refractivity contribution < 1.29 is 4.79 Å². The molecule has 4 aliphatic rings. The molecule has 3 heteroatoms. The number of hydrogen-bond acceptors (Lipinski definition) is 3. The largest absolute Gasteiger partial charge is 0.310 e. The Kier molecular flexibility index (Phi) is 5.57. The molecule has 0 spiro atoms. The van der Waals surface area contributed by atoms with Crippen molar-refractivity contribution in [3.63, 3.8) is 0 Å². The Bertz CT molecular complexity index is 956. The third-order valence-corrected chi connectivity index (χ3v) is 10.3. The molecular weight excluding hydrogens is 392 g/mol. The molecule has 7 atom stereocenters. The van der Waals surface area contributed by atoms with Crippen molar-refractivity contribution in [2.24, 2.45) is 34.5 Å². The van der Waals surface area contributed by atoms with Gasteiger partial charge in [-0.1, -0.05) is 32.1 Å². The average molecular weight is 431 g/mol. The lowest BCUT2D eigenvalue weighted by atomic mass is 9.45. The van der Waals surface area contributed by atoms with Crippen LogP contribution < -0.4 is 5.32 Å². The van der Waals surface area contributed by atoms with Gasteiger partial charge in [-0.3, -0.25) is 4.79 Å². The summed E-state index contributed by atoms with van der Waals surface area (Å²) in [7, 11) is 0. The van der Waals surface area contributed by atoms with Gasteiger partial charge in [-0.2, -0.15) is 5.26 Å². The molecule has 5 rings (SSSR count). The second kappa shape index (κ2) is 8.14. The van der Waals surface area contributed by atoms with E-state index in [1.165, 1.54) is 50.5 Å². The van der Waals surface area contributed by atoms with Gasteiger partial charge >= 0.3 is 0 Å². The monoisotopic (exact) mass is 430 g/mol. The van der Waals surface area contributed by atoms with Gasteiger partial charge in [0.2, 0.25) is 0 Å². The Morgan fingerprint density at radius 2 is 1.88 bits per heavy atom. The molecule has 1 unspecified atom stereocenters. The van der Waals surface area contributed by atoms with Gasteiger partial charge < -0.3 is 5.32 Å². The molecule has 3 nitrogen and oxygen atoms in total. The van der Waals surface area contributed by atoms with E-state index in [9.17, 15) is 4.79 Å². The Morgan fingerprint density at radius 1 is 1.09 bits per heavy atom. The van der Waals surface area contributed by atoms with E-state index in [1.807, 2.05) is 12.1 Å². The maximum atomic E-state index is 12.8. The Labute approximate surface area is 193 Å². The topological polar surface area (TPSA) is 52.9 Å². The summed E-state index contributed by atoms with van der Waals surface area (Å²) in [6.07, 6.45) is 11.9. The molecule has 4 fully saturated rings. The van der Waals surface area contributed by atoms with Crippen molar-refractivity contribution in [2.45, 2.75) is 84.7 Å². The van der Waals surface area contributed by atoms with Crippen LogP contribution in [-0.4, -0.2) is 11.8 Å². The molecule has 0 saturated heterocycles. The number of ketones is 1. The minimum absolute atomic E-state index is 0.135. The molecule has 170 valence electrons. The molecule has 0 amide bonds. The van der Waals surface area contributed by atoms with E-state index in [-0.39, 0.29) is 5.41 Å². The SMILES string of the molecule is C/C=C1/C(=O)C[C@H]2[C@@H]3CCC4C[C@@H](NCc5ccc(C#N)cc5)CC[C@]4(C)[C@H]3CC[C@]12C. The van der Waals surface area contributed by atoms with Gasteiger partial charge in [0.1, 0.15) is 0 Å². The zero-order valence-electron chi connectivity index (χ0n) is 20.0. The number of carbonyl (C=O) groups is 1. The fourth-order valence-electron chi connectivity index (χ4n) is 8.55. The van der Waals surface area contributed by atoms with Crippen molar-refractivity contribution in [1.29, 1.82) is 5.26 Å². The van der Waals surface area contributed by atoms with Crippen LogP contribution in [-0.2, 0) is 11.3 Å². The van der Waals surface area contributed by atoms with Gasteiger partial charge in [0.05, 0.1) is 11.6 Å². The molecule has 0 radical (unpaired) electrons. The van der Waals surface area contributed by atoms with Crippen LogP contribution in [0.4, 0.5) is 0 Å². The van der Waals surface area contributed by atoms with Gasteiger partial charge in [0, 0.05) is 19.0 Å². The summed E-state index contributed by atoms with van der Waals surface area (Å²) in [6, 6.07) is 10.8. The zero-order chi connectivity index (χ0) is 22.5. The summed E-state index contributed by atoms with van der Waals surface area (Å²) in [5.74, 6) is 3.34. The first-order valence-corrected chi connectivity index (χ1v) is 12.8. The molecule has 1 aromatic carbocycles. The molecule has 0 aromatic heterocycles. The van der Waals surface area contributed by atoms with Crippen LogP contribution in [0.15, 0.2) is 35.9 Å². The maximum absolute atomic E-state index is 12.8. The van der Waals surface area contributed by atoms with E-state index in [0.29, 0.717) is 23.2 Å². The van der Waals surface area contributed by atoms with Crippen molar-refractivity contribution in [3.8, 4) is 6.07 Å². The fraction of sp³-hybridized carbons (Fsp3) is 0.655. The summed E-state index contributed by atoms with van der Waals surface area (Å²) in [6.45, 7) is 7.95. The second-order valence-electron chi connectivity index (χ2n) is 11.6. The highest BCUT2D eigenvalue weighted by molar-refractivity contribution is 5.99. The van der Waals surface area contributed by atoms with Gasteiger partial charge in [-0.15, -0.1) is 0 Å².